The van der Waals surface area contributed by atoms with E-state index >= 15 is 0 Å². The molecule has 0 aliphatic carbocycles. The molecule has 1 aromatic carbocycles. The fraction of sp³-hybridized carbons (Fsp3) is 0.400. The van der Waals surface area contributed by atoms with Crippen molar-refractivity contribution >= 4 is 35.6 Å². The molecule has 0 amide bonds. The number of piperazine rings is 1. The molecule has 0 bridgehead atoms. The molecule has 1 heterocycles. The summed E-state index contributed by atoms with van der Waals surface area (Å²) in [5, 5.41) is 7.07. The maximum Gasteiger partial charge on any atom is 0.129 e. The van der Waals surface area contributed by atoms with Gasteiger partial charge in [0.05, 0.1) is 10.0 Å². The van der Waals surface area contributed by atoms with E-state index in [1.165, 1.54) is 12.1 Å². The van der Waals surface area contributed by atoms with Crippen LogP contribution in [0.15, 0.2) is 12.1 Å². The molecule has 0 spiro atoms. The quantitative estimate of drug-likeness (QED) is 0.775. The van der Waals surface area contributed by atoms with E-state index in [0.717, 1.165) is 13.1 Å². The molecule has 6 heteroatoms. The van der Waals surface area contributed by atoms with Gasteiger partial charge in [0.2, 0.25) is 0 Å². The van der Waals surface area contributed by atoms with E-state index < -0.39 is 0 Å². The third-order valence-corrected chi connectivity index (χ3v) is 3.29. The van der Waals surface area contributed by atoms with Gasteiger partial charge in [0.25, 0.3) is 0 Å². The molecule has 0 aromatic heterocycles. The number of benzene rings is 1. The van der Waals surface area contributed by atoms with Gasteiger partial charge in [0.15, 0.2) is 0 Å². The molecule has 1 aromatic rings. The zero-order valence-corrected chi connectivity index (χ0v) is 10.7. The third-order valence-electron chi connectivity index (χ3n) is 2.47. The highest BCUT2D eigenvalue weighted by atomic mass is 35.5. The Morgan fingerprint density at radius 3 is 2.62 bits per heavy atom. The van der Waals surface area contributed by atoms with E-state index in [1.807, 2.05) is 0 Å². The highest BCUT2D eigenvalue weighted by Crippen LogP contribution is 2.32. The lowest BCUT2D eigenvalue weighted by Gasteiger charge is -2.26. The number of hydrogen-bond donors (Lipinski definition) is 2. The van der Waals surface area contributed by atoms with E-state index in [9.17, 15) is 4.39 Å². The molecule has 2 nitrogen and oxygen atoms in total. The molecular formula is C10H12Cl3FN2. The topological polar surface area (TPSA) is 24.1 Å². The van der Waals surface area contributed by atoms with Crippen LogP contribution in [0.5, 0.6) is 0 Å². The molecule has 1 atom stereocenters. The summed E-state index contributed by atoms with van der Waals surface area (Å²) < 4.78 is 13.6. The van der Waals surface area contributed by atoms with Gasteiger partial charge in [-0.05, 0) is 12.1 Å². The van der Waals surface area contributed by atoms with Crippen molar-refractivity contribution < 1.29 is 4.39 Å². The predicted octanol–water partition coefficient (Wildman–Crippen LogP) is 2.79. The molecular weight excluding hydrogens is 273 g/mol. The van der Waals surface area contributed by atoms with Crippen LogP contribution in [0.3, 0.4) is 0 Å². The van der Waals surface area contributed by atoms with Crippen molar-refractivity contribution in [3.63, 3.8) is 0 Å². The summed E-state index contributed by atoms with van der Waals surface area (Å²) in [7, 11) is 0. The molecule has 0 saturated carbocycles. The van der Waals surface area contributed by atoms with Crippen molar-refractivity contribution in [3.8, 4) is 0 Å². The van der Waals surface area contributed by atoms with E-state index in [2.05, 4.69) is 10.6 Å². The van der Waals surface area contributed by atoms with Crippen LogP contribution in [0, 0.1) is 5.82 Å². The lowest BCUT2D eigenvalue weighted by molar-refractivity contribution is 0.417. The van der Waals surface area contributed by atoms with Crippen LogP contribution >= 0.6 is 35.6 Å². The zero-order chi connectivity index (χ0) is 10.8. The Kier molecular flexibility index (Phi) is 5.28. The first-order chi connectivity index (χ1) is 7.20. The highest BCUT2D eigenvalue weighted by molar-refractivity contribution is 6.42. The first kappa shape index (κ1) is 14.0. The maximum absolute atomic E-state index is 13.6. The molecule has 90 valence electrons. The van der Waals surface area contributed by atoms with E-state index in [4.69, 9.17) is 23.2 Å². The molecule has 0 unspecified atom stereocenters. The SMILES string of the molecule is Cl.Fc1ccc(Cl)c(Cl)c1[C@H]1CNCCN1. The van der Waals surface area contributed by atoms with Crippen LogP contribution < -0.4 is 10.6 Å². The van der Waals surface area contributed by atoms with Crippen molar-refractivity contribution in [1.29, 1.82) is 0 Å². The number of nitrogens with one attached hydrogen (secondary N) is 2. The van der Waals surface area contributed by atoms with Crippen molar-refractivity contribution in [3.05, 3.63) is 33.6 Å². The summed E-state index contributed by atoms with van der Waals surface area (Å²) in [6, 6.07) is 2.71. The van der Waals surface area contributed by atoms with Crippen LogP contribution in [0.1, 0.15) is 11.6 Å². The summed E-state index contributed by atoms with van der Waals surface area (Å²) in [6.07, 6.45) is 0. The van der Waals surface area contributed by atoms with Crippen molar-refractivity contribution in [2.24, 2.45) is 0 Å². The monoisotopic (exact) mass is 284 g/mol. The minimum Gasteiger partial charge on any atom is -0.314 e. The van der Waals surface area contributed by atoms with Gasteiger partial charge in [-0.3, -0.25) is 0 Å². The second-order valence-electron chi connectivity index (χ2n) is 3.47. The first-order valence-corrected chi connectivity index (χ1v) is 5.53. The fourth-order valence-electron chi connectivity index (χ4n) is 1.72. The largest absolute Gasteiger partial charge is 0.314 e. The Morgan fingerprint density at radius 1 is 1.25 bits per heavy atom. The summed E-state index contributed by atoms with van der Waals surface area (Å²) in [5.41, 5.74) is 0.455. The number of hydrogen-bond acceptors (Lipinski definition) is 2. The Bertz CT molecular complexity index is 367. The third kappa shape index (κ3) is 2.79. The molecule has 1 saturated heterocycles. The molecule has 2 N–H and O–H groups in total. The molecule has 0 radical (unpaired) electrons. The van der Waals surface area contributed by atoms with Crippen LogP contribution in [-0.2, 0) is 0 Å². The molecule has 2 rings (SSSR count). The standard InChI is InChI=1S/C10H11Cl2FN2.ClH/c11-6-1-2-7(13)9(10(6)12)8-5-14-3-4-15-8;/h1-2,8,14-15H,3-5H2;1H/t8-;/m1./s1. The van der Waals surface area contributed by atoms with Gasteiger partial charge in [0.1, 0.15) is 5.82 Å². The van der Waals surface area contributed by atoms with Gasteiger partial charge in [-0.2, -0.15) is 0 Å². The zero-order valence-electron chi connectivity index (χ0n) is 8.40. The Morgan fingerprint density at radius 2 is 2.00 bits per heavy atom. The lowest BCUT2D eigenvalue weighted by Crippen LogP contribution is -2.43. The lowest BCUT2D eigenvalue weighted by atomic mass is 10.0. The van der Waals surface area contributed by atoms with Crippen molar-refractivity contribution in [2.75, 3.05) is 19.6 Å². The van der Waals surface area contributed by atoms with Crippen molar-refractivity contribution in [2.45, 2.75) is 6.04 Å². The number of rotatable bonds is 1. The minimum atomic E-state index is -0.314. The van der Waals surface area contributed by atoms with Crippen LogP contribution in [0.2, 0.25) is 10.0 Å². The van der Waals surface area contributed by atoms with Crippen LogP contribution in [-0.4, -0.2) is 19.6 Å². The Hall–Kier alpha value is -0.0600. The second kappa shape index (κ2) is 6.03. The van der Waals surface area contributed by atoms with Gasteiger partial charge in [-0.25, -0.2) is 4.39 Å². The normalized spacial score (nSPS) is 20.3. The van der Waals surface area contributed by atoms with E-state index in [0.29, 0.717) is 22.2 Å². The predicted molar refractivity (Wildman–Crippen MR) is 67.3 cm³/mol. The molecule has 1 aliphatic heterocycles. The summed E-state index contributed by atoms with van der Waals surface area (Å²) >= 11 is 11.9. The number of halogens is 4. The summed E-state index contributed by atoms with van der Waals surface area (Å²) in [6.45, 7) is 2.35. The van der Waals surface area contributed by atoms with Gasteiger partial charge < -0.3 is 10.6 Å². The summed E-state index contributed by atoms with van der Waals surface area (Å²) in [5.74, 6) is -0.314. The van der Waals surface area contributed by atoms with Crippen LogP contribution in [0.4, 0.5) is 4.39 Å². The average Bonchev–Trinajstić information content (AvgIpc) is 2.26. The average molecular weight is 286 g/mol. The highest BCUT2D eigenvalue weighted by Gasteiger charge is 2.22. The van der Waals surface area contributed by atoms with Gasteiger partial charge in [-0.1, -0.05) is 23.2 Å². The Labute approximate surface area is 110 Å². The van der Waals surface area contributed by atoms with Gasteiger partial charge >= 0.3 is 0 Å². The van der Waals surface area contributed by atoms with Crippen molar-refractivity contribution in [1.82, 2.24) is 10.6 Å². The van der Waals surface area contributed by atoms with Gasteiger partial charge in [-0.15, -0.1) is 12.4 Å². The van der Waals surface area contributed by atoms with E-state index in [1.54, 1.807) is 0 Å². The minimum absolute atomic E-state index is 0. The Balaban J connectivity index is 0.00000128. The maximum atomic E-state index is 13.6. The smallest absolute Gasteiger partial charge is 0.129 e. The fourth-order valence-corrected chi connectivity index (χ4v) is 2.17. The van der Waals surface area contributed by atoms with Gasteiger partial charge in [0, 0.05) is 31.2 Å². The summed E-state index contributed by atoms with van der Waals surface area (Å²) in [4.78, 5) is 0. The second-order valence-corrected chi connectivity index (χ2v) is 4.25. The molecule has 1 fully saturated rings. The molecule has 1 aliphatic rings. The first-order valence-electron chi connectivity index (χ1n) is 4.77. The van der Waals surface area contributed by atoms with E-state index in [-0.39, 0.29) is 24.3 Å². The molecule has 16 heavy (non-hydrogen) atoms. The van der Waals surface area contributed by atoms with Crippen LogP contribution in [0.25, 0.3) is 0 Å².